The Hall–Kier alpha value is -1.06. The largest absolute Gasteiger partial charge is 0.354 e. The van der Waals surface area contributed by atoms with Gasteiger partial charge in [-0.1, -0.05) is 34.1 Å². The molecule has 0 fully saturated rings. The summed E-state index contributed by atoms with van der Waals surface area (Å²) >= 11 is 0. The van der Waals surface area contributed by atoms with Gasteiger partial charge >= 0.3 is 0 Å². The highest BCUT2D eigenvalue weighted by Crippen LogP contribution is 2.09. The summed E-state index contributed by atoms with van der Waals surface area (Å²) in [5.74, 6) is 0.934. The molecule has 1 unspecified atom stereocenters. The third-order valence-corrected chi connectivity index (χ3v) is 2.94. The van der Waals surface area contributed by atoms with Gasteiger partial charge in [0.05, 0.1) is 0 Å². The maximum atomic E-state index is 11.8. The van der Waals surface area contributed by atoms with Gasteiger partial charge in [-0.3, -0.25) is 9.59 Å². The Morgan fingerprint density at radius 1 is 1.29 bits per heavy atom. The molecular weight excluding hydrogens is 216 g/mol. The molecule has 0 aliphatic carbocycles. The molecule has 0 aliphatic rings. The summed E-state index contributed by atoms with van der Waals surface area (Å²) in [7, 11) is 0. The normalized spacial score (nSPS) is 14.2. The Morgan fingerprint density at radius 2 is 1.94 bits per heavy atom. The van der Waals surface area contributed by atoms with E-state index in [0.29, 0.717) is 31.2 Å². The van der Waals surface area contributed by atoms with E-state index in [-0.39, 0.29) is 5.91 Å². The second kappa shape index (κ2) is 9.02. The number of hydrogen-bond acceptors (Lipinski definition) is 2. The third kappa shape index (κ3) is 7.77. The molecule has 4 heteroatoms. The van der Waals surface area contributed by atoms with Crippen molar-refractivity contribution in [2.45, 2.75) is 53.0 Å². The Kier molecular flexibility index (Phi) is 8.46. The van der Waals surface area contributed by atoms with E-state index in [9.17, 15) is 9.59 Å². The van der Waals surface area contributed by atoms with Gasteiger partial charge in [0, 0.05) is 6.54 Å². The molecule has 0 aromatic heterocycles. The Bertz CT molecular complexity index is 229. The molecule has 100 valence electrons. The van der Waals surface area contributed by atoms with Gasteiger partial charge in [-0.05, 0) is 24.7 Å². The highest BCUT2D eigenvalue weighted by molar-refractivity contribution is 5.83. The summed E-state index contributed by atoms with van der Waals surface area (Å²) in [6.07, 6.45) is 3.27. The van der Waals surface area contributed by atoms with Gasteiger partial charge in [0.15, 0.2) is 0 Å². The van der Waals surface area contributed by atoms with E-state index in [4.69, 9.17) is 0 Å². The van der Waals surface area contributed by atoms with Crippen molar-refractivity contribution in [3.63, 3.8) is 0 Å². The van der Waals surface area contributed by atoms with Gasteiger partial charge in [-0.25, -0.2) is 0 Å². The van der Waals surface area contributed by atoms with Gasteiger partial charge in [-0.15, -0.1) is 0 Å². The van der Waals surface area contributed by atoms with E-state index < -0.39 is 6.04 Å². The zero-order valence-corrected chi connectivity index (χ0v) is 11.5. The molecule has 0 radical (unpaired) electrons. The third-order valence-electron chi connectivity index (χ3n) is 2.94. The molecule has 0 heterocycles. The fourth-order valence-corrected chi connectivity index (χ4v) is 1.51. The first-order chi connectivity index (χ1) is 8.01. The first kappa shape index (κ1) is 15.9. The van der Waals surface area contributed by atoms with Gasteiger partial charge < -0.3 is 10.6 Å². The first-order valence-electron chi connectivity index (χ1n) is 6.48. The molecule has 2 amide bonds. The maximum Gasteiger partial charge on any atom is 0.242 e. The van der Waals surface area contributed by atoms with E-state index >= 15 is 0 Å². The summed E-state index contributed by atoms with van der Waals surface area (Å²) in [4.78, 5) is 22.3. The van der Waals surface area contributed by atoms with Crippen LogP contribution in [0.4, 0.5) is 0 Å². The summed E-state index contributed by atoms with van der Waals surface area (Å²) < 4.78 is 0. The van der Waals surface area contributed by atoms with E-state index in [1.54, 1.807) is 0 Å². The Morgan fingerprint density at radius 3 is 2.41 bits per heavy atom. The van der Waals surface area contributed by atoms with Crippen LogP contribution in [0, 0.1) is 11.8 Å². The lowest BCUT2D eigenvalue weighted by atomic mass is 9.99. The number of nitrogens with one attached hydrogen (secondary N) is 2. The Labute approximate surface area is 105 Å². The molecule has 0 aromatic carbocycles. The second-order valence-electron chi connectivity index (χ2n) is 5.06. The van der Waals surface area contributed by atoms with Gasteiger partial charge in [0.1, 0.15) is 6.04 Å². The van der Waals surface area contributed by atoms with Crippen LogP contribution in [0.3, 0.4) is 0 Å². The van der Waals surface area contributed by atoms with Crippen molar-refractivity contribution in [1.82, 2.24) is 10.6 Å². The molecule has 2 N–H and O–H groups in total. The minimum Gasteiger partial charge on any atom is -0.354 e. The molecule has 17 heavy (non-hydrogen) atoms. The van der Waals surface area contributed by atoms with Gasteiger partial charge in [0.2, 0.25) is 12.3 Å². The number of amides is 2. The van der Waals surface area contributed by atoms with E-state index in [2.05, 4.69) is 38.3 Å². The molecule has 0 saturated heterocycles. The molecule has 0 aromatic rings. The van der Waals surface area contributed by atoms with Crippen molar-refractivity contribution in [1.29, 1.82) is 0 Å². The topological polar surface area (TPSA) is 58.2 Å². The fraction of sp³-hybridized carbons (Fsp3) is 0.846. The van der Waals surface area contributed by atoms with Crippen LogP contribution in [-0.4, -0.2) is 24.9 Å². The van der Waals surface area contributed by atoms with Crippen LogP contribution >= 0.6 is 0 Å². The molecular formula is C13H26N2O2. The summed E-state index contributed by atoms with van der Waals surface area (Å²) in [5.41, 5.74) is 0. The average molecular weight is 242 g/mol. The Balaban J connectivity index is 4.09. The zero-order chi connectivity index (χ0) is 13.3. The lowest BCUT2D eigenvalue weighted by Gasteiger charge is -2.19. The smallest absolute Gasteiger partial charge is 0.242 e. The predicted octanol–water partition coefficient (Wildman–Crippen LogP) is 1.70. The highest BCUT2D eigenvalue weighted by Gasteiger charge is 2.19. The van der Waals surface area contributed by atoms with Crippen LogP contribution in [-0.2, 0) is 9.59 Å². The lowest BCUT2D eigenvalue weighted by molar-refractivity contribution is -0.125. The van der Waals surface area contributed by atoms with Crippen molar-refractivity contribution in [2.24, 2.45) is 11.8 Å². The minimum atomic E-state index is -0.394. The van der Waals surface area contributed by atoms with Crippen LogP contribution in [0.25, 0.3) is 0 Å². The van der Waals surface area contributed by atoms with Crippen LogP contribution < -0.4 is 10.6 Å². The molecule has 0 bridgehead atoms. The maximum absolute atomic E-state index is 11.8. The molecule has 4 nitrogen and oxygen atoms in total. The highest BCUT2D eigenvalue weighted by atomic mass is 16.2. The molecule has 0 aliphatic heterocycles. The lowest BCUT2D eigenvalue weighted by Crippen LogP contribution is -2.45. The van der Waals surface area contributed by atoms with Crippen molar-refractivity contribution < 1.29 is 9.59 Å². The van der Waals surface area contributed by atoms with Crippen molar-refractivity contribution in [3.8, 4) is 0 Å². The quantitative estimate of drug-likeness (QED) is 0.605. The molecule has 2 atom stereocenters. The zero-order valence-electron chi connectivity index (χ0n) is 11.5. The van der Waals surface area contributed by atoms with E-state index in [1.807, 2.05) is 0 Å². The van der Waals surface area contributed by atoms with E-state index in [1.165, 1.54) is 0 Å². The SMILES string of the molecule is CCC(C)C[C@H](NC=O)C(=O)NCCC(C)C. The fourth-order valence-electron chi connectivity index (χ4n) is 1.51. The number of rotatable bonds is 9. The summed E-state index contributed by atoms with van der Waals surface area (Å²) in [5, 5.41) is 5.46. The predicted molar refractivity (Wildman–Crippen MR) is 69.5 cm³/mol. The summed E-state index contributed by atoms with van der Waals surface area (Å²) in [6, 6.07) is -0.394. The van der Waals surface area contributed by atoms with Crippen molar-refractivity contribution >= 4 is 12.3 Å². The van der Waals surface area contributed by atoms with Gasteiger partial charge in [-0.2, -0.15) is 0 Å². The number of carbonyl (C=O) groups excluding carboxylic acids is 2. The average Bonchev–Trinajstić information content (AvgIpc) is 2.27. The first-order valence-corrected chi connectivity index (χ1v) is 6.48. The number of hydrogen-bond donors (Lipinski definition) is 2. The van der Waals surface area contributed by atoms with Crippen LogP contribution in [0.5, 0.6) is 0 Å². The standard InChI is InChI=1S/C13H26N2O2/c1-5-11(4)8-12(15-9-16)13(17)14-7-6-10(2)3/h9-12H,5-8H2,1-4H3,(H,14,17)(H,15,16)/t11?,12-/m0/s1. The summed E-state index contributed by atoms with van der Waals surface area (Å²) in [6.45, 7) is 9.08. The monoisotopic (exact) mass is 242 g/mol. The van der Waals surface area contributed by atoms with Crippen LogP contribution in [0.15, 0.2) is 0 Å². The minimum absolute atomic E-state index is 0.0712. The van der Waals surface area contributed by atoms with Crippen molar-refractivity contribution in [3.05, 3.63) is 0 Å². The molecule has 0 saturated carbocycles. The van der Waals surface area contributed by atoms with Crippen LogP contribution in [0.1, 0.15) is 47.0 Å². The van der Waals surface area contributed by atoms with Crippen LogP contribution in [0.2, 0.25) is 0 Å². The second-order valence-corrected chi connectivity index (χ2v) is 5.06. The van der Waals surface area contributed by atoms with Crippen molar-refractivity contribution in [2.75, 3.05) is 6.54 Å². The number of carbonyl (C=O) groups is 2. The van der Waals surface area contributed by atoms with E-state index in [0.717, 1.165) is 12.8 Å². The van der Waals surface area contributed by atoms with Gasteiger partial charge in [0.25, 0.3) is 0 Å². The molecule has 0 spiro atoms. The molecule has 0 rings (SSSR count).